The molecule has 1 amide bonds. The highest BCUT2D eigenvalue weighted by atomic mass is 16.4. The van der Waals surface area contributed by atoms with E-state index in [1.807, 2.05) is 18.2 Å². The molecule has 0 saturated heterocycles. The van der Waals surface area contributed by atoms with E-state index in [-0.39, 0.29) is 18.9 Å². The Morgan fingerprint density at radius 3 is 2.62 bits per heavy atom. The van der Waals surface area contributed by atoms with E-state index in [1.165, 1.54) is 11.0 Å². The first-order valence-electron chi connectivity index (χ1n) is 6.45. The van der Waals surface area contributed by atoms with Gasteiger partial charge in [0.2, 0.25) is 5.91 Å². The molecule has 8 nitrogen and oxygen atoms in total. The van der Waals surface area contributed by atoms with Crippen LogP contribution >= 0.6 is 0 Å². The average molecular weight is 289 g/mol. The highest BCUT2D eigenvalue weighted by Gasteiger charge is 2.16. The molecule has 0 fully saturated rings. The van der Waals surface area contributed by atoms with Crippen LogP contribution in [0.2, 0.25) is 0 Å². The third kappa shape index (κ3) is 4.37. The SMILES string of the molecule is O=C(O)CCCN(C(=O)Cn1cnnn1)c1ccccc1. The molecule has 0 unspecified atom stereocenters. The van der Waals surface area contributed by atoms with Crippen LogP contribution < -0.4 is 4.90 Å². The van der Waals surface area contributed by atoms with Gasteiger partial charge in [-0.2, -0.15) is 0 Å². The number of aromatic nitrogens is 4. The van der Waals surface area contributed by atoms with Crippen molar-refractivity contribution in [2.45, 2.75) is 19.4 Å². The van der Waals surface area contributed by atoms with Crippen molar-refractivity contribution >= 4 is 17.6 Å². The summed E-state index contributed by atoms with van der Waals surface area (Å²) < 4.78 is 1.33. The fourth-order valence-corrected chi connectivity index (χ4v) is 1.87. The van der Waals surface area contributed by atoms with Crippen molar-refractivity contribution in [2.24, 2.45) is 0 Å². The van der Waals surface area contributed by atoms with Crippen LogP contribution in [0.3, 0.4) is 0 Å². The smallest absolute Gasteiger partial charge is 0.303 e. The predicted molar refractivity (Wildman–Crippen MR) is 73.5 cm³/mol. The first kappa shape index (κ1) is 14.6. The topological polar surface area (TPSA) is 101 Å². The maximum absolute atomic E-state index is 12.3. The van der Waals surface area contributed by atoms with Crippen LogP contribution in [0.5, 0.6) is 0 Å². The number of nitrogens with zero attached hydrogens (tertiary/aromatic N) is 5. The molecule has 110 valence electrons. The largest absolute Gasteiger partial charge is 0.481 e. The zero-order valence-electron chi connectivity index (χ0n) is 11.3. The van der Waals surface area contributed by atoms with Crippen LogP contribution in [0.4, 0.5) is 5.69 Å². The number of benzene rings is 1. The first-order valence-corrected chi connectivity index (χ1v) is 6.45. The zero-order valence-corrected chi connectivity index (χ0v) is 11.3. The molecule has 1 aromatic carbocycles. The third-order valence-corrected chi connectivity index (χ3v) is 2.83. The molecule has 0 atom stereocenters. The number of tetrazole rings is 1. The van der Waals surface area contributed by atoms with E-state index >= 15 is 0 Å². The Morgan fingerprint density at radius 2 is 2.00 bits per heavy atom. The number of carbonyl (C=O) groups excluding carboxylic acids is 1. The van der Waals surface area contributed by atoms with E-state index < -0.39 is 5.97 Å². The molecule has 2 rings (SSSR count). The molecule has 1 heterocycles. The van der Waals surface area contributed by atoms with E-state index in [0.717, 1.165) is 5.69 Å². The summed E-state index contributed by atoms with van der Waals surface area (Å²) in [5, 5.41) is 19.3. The van der Waals surface area contributed by atoms with E-state index in [0.29, 0.717) is 13.0 Å². The molecule has 0 aliphatic rings. The van der Waals surface area contributed by atoms with Gasteiger partial charge in [-0.1, -0.05) is 18.2 Å². The van der Waals surface area contributed by atoms with Gasteiger partial charge in [-0.25, -0.2) is 4.68 Å². The van der Waals surface area contributed by atoms with Gasteiger partial charge >= 0.3 is 5.97 Å². The lowest BCUT2D eigenvalue weighted by atomic mass is 10.2. The van der Waals surface area contributed by atoms with Gasteiger partial charge in [-0.3, -0.25) is 9.59 Å². The fourth-order valence-electron chi connectivity index (χ4n) is 1.87. The van der Waals surface area contributed by atoms with Crippen LogP contribution in [0, 0.1) is 0 Å². The van der Waals surface area contributed by atoms with Crippen LogP contribution in [-0.2, 0) is 16.1 Å². The molecule has 0 aliphatic carbocycles. The summed E-state index contributed by atoms with van der Waals surface area (Å²) in [7, 11) is 0. The second-order valence-corrected chi connectivity index (χ2v) is 4.39. The van der Waals surface area contributed by atoms with Crippen molar-refractivity contribution in [3.63, 3.8) is 0 Å². The van der Waals surface area contributed by atoms with Crippen molar-refractivity contribution in [3.8, 4) is 0 Å². The Balaban J connectivity index is 2.07. The summed E-state index contributed by atoms with van der Waals surface area (Å²) in [4.78, 5) is 24.5. The Bertz CT molecular complexity index is 585. The Hall–Kier alpha value is -2.77. The number of amides is 1. The molecule has 8 heteroatoms. The lowest BCUT2D eigenvalue weighted by Crippen LogP contribution is -2.35. The van der Waals surface area contributed by atoms with Crippen LogP contribution in [0.15, 0.2) is 36.7 Å². The van der Waals surface area contributed by atoms with Gasteiger partial charge in [0.1, 0.15) is 12.9 Å². The minimum absolute atomic E-state index is 0.00889. The molecule has 0 spiro atoms. The van der Waals surface area contributed by atoms with E-state index in [2.05, 4.69) is 15.5 Å². The molecule has 0 aliphatic heterocycles. The number of hydrogen-bond donors (Lipinski definition) is 1. The number of rotatable bonds is 7. The maximum Gasteiger partial charge on any atom is 0.303 e. The number of carbonyl (C=O) groups is 2. The van der Waals surface area contributed by atoms with Gasteiger partial charge in [0.15, 0.2) is 0 Å². The lowest BCUT2D eigenvalue weighted by molar-refractivity contribution is -0.137. The predicted octanol–water partition coefficient (Wildman–Crippen LogP) is 0.571. The third-order valence-electron chi connectivity index (χ3n) is 2.83. The number of carboxylic acids is 1. The molecule has 0 bridgehead atoms. The summed E-state index contributed by atoms with van der Waals surface area (Å²) in [5.41, 5.74) is 0.723. The van der Waals surface area contributed by atoms with E-state index in [4.69, 9.17) is 5.11 Å². The van der Waals surface area contributed by atoms with Gasteiger partial charge in [0.25, 0.3) is 0 Å². The molecule has 2 aromatic rings. The van der Waals surface area contributed by atoms with Crippen molar-refractivity contribution in [3.05, 3.63) is 36.7 Å². The Morgan fingerprint density at radius 1 is 1.24 bits per heavy atom. The zero-order chi connectivity index (χ0) is 15.1. The molecule has 21 heavy (non-hydrogen) atoms. The summed E-state index contributed by atoms with van der Waals surface area (Å²) in [6.07, 6.45) is 1.76. The van der Waals surface area contributed by atoms with E-state index in [1.54, 1.807) is 17.0 Å². The molecule has 1 aromatic heterocycles. The second kappa shape index (κ2) is 7.13. The van der Waals surface area contributed by atoms with Gasteiger partial charge in [-0.05, 0) is 29.0 Å². The second-order valence-electron chi connectivity index (χ2n) is 4.39. The first-order chi connectivity index (χ1) is 10.2. The minimum atomic E-state index is -0.879. The van der Waals surface area contributed by atoms with Gasteiger partial charge in [0, 0.05) is 18.7 Å². The Kier molecular flexibility index (Phi) is 4.97. The van der Waals surface area contributed by atoms with Gasteiger partial charge in [-0.15, -0.1) is 5.10 Å². The molecular weight excluding hydrogens is 274 g/mol. The van der Waals surface area contributed by atoms with Crippen LogP contribution in [0.1, 0.15) is 12.8 Å². The monoisotopic (exact) mass is 289 g/mol. The van der Waals surface area contributed by atoms with Gasteiger partial charge < -0.3 is 10.0 Å². The van der Waals surface area contributed by atoms with Crippen molar-refractivity contribution in [2.75, 3.05) is 11.4 Å². The quantitative estimate of drug-likeness (QED) is 0.799. The average Bonchev–Trinajstić information content (AvgIpc) is 2.97. The minimum Gasteiger partial charge on any atom is -0.481 e. The number of hydrogen-bond acceptors (Lipinski definition) is 5. The molecule has 0 saturated carbocycles. The maximum atomic E-state index is 12.3. The van der Waals surface area contributed by atoms with E-state index in [9.17, 15) is 9.59 Å². The number of para-hydroxylation sites is 1. The number of anilines is 1. The fraction of sp³-hybridized carbons (Fsp3) is 0.308. The highest BCUT2D eigenvalue weighted by molar-refractivity contribution is 5.93. The van der Waals surface area contributed by atoms with Crippen molar-refractivity contribution in [1.29, 1.82) is 0 Å². The normalized spacial score (nSPS) is 10.3. The number of carboxylic acid groups (broad SMARTS) is 1. The van der Waals surface area contributed by atoms with Crippen LogP contribution in [0.25, 0.3) is 0 Å². The lowest BCUT2D eigenvalue weighted by Gasteiger charge is -2.22. The summed E-state index contributed by atoms with van der Waals surface area (Å²) in [6.45, 7) is 0.340. The van der Waals surface area contributed by atoms with Crippen LogP contribution in [-0.4, -0.2) is 43.7 Å². The molecule has 1 N–H and O–H groups in total. The highest BCUT2D eigenvalue weighted by Crippen LogP contribution is 2.15. The standard InChI is InChI=1S/C13H15N5O3/c19-12(9-17-10-14-15-16-17)18(8-4-7-13(20)21)11-5-2-1-3-6-11/h1-3,5-6,10H,4,7-9H2,(H,20,21). The molecular formula is C13H15N5O3. The number of aliphatic carboxylic acids is 1. The summed E-state index contributed by atoms with van der Waals surface area (Å²) in [5.74, 6) is -1.07. The summed E-state index contributed by atoms with van der Waals surface area (Å²) in [6, 6.07) is 9.11. The van der Waals surface area contributed by atoms with Gasteiger partial charge in [0.05, 0.1) is 0 Å². The molecule has 0 radical (unpaired) electrons. The van der Waals surface area contributed by atoms with Crippen molar-refractivity contribution in [1.82, 2.24) is 20.2 Å². The summed E-state index contributed by atoms with van der Waals surface area (Å²) >= 11 is 0. The van der Waals surface area contributed by atoms with Crippen molar-refractivity contribution < 1.29 is 14.7 Å². The Labute approximate surface area is 121 Å².